The number of aryl methyl sites for hydroxylation is 1. The first-order valence-electron chi connectivity index (χ1n) is 4.43. The molecule has 0 radical (unpaired) electrons. The van der Waals surface area contributed by atoms with Crippen molar-refractivity contribution in [3.8, 4) is 11.8 Å². The second-order valence-corrected chi connectivity index (χ2v) is 3.22. The first-order valence-corrected chi connectivity index (χ1v) is 4.43. The van der Waals surface area contributed by atoms with Crippen molar-refractivity contribution in [1.29, 1.82) is 5.26 Å². The summed E-state index contributed by atoms with van der Waals surface area (Å²) in [7, 11) is 0. The molecule has 0 aliphatic heterocycles. The predicted octanol–water partition coefficient (Wildman–Crippen LogP) is 1.67. The van der Waals surface area contributed by atoms with Gasteiger partial charge in [0.2, 0.25) is 0 Å². The highest BCUT2D eigenvalue weighted by atomic mass is 16.6. The summed E-state index contributed by atoms with van der Waals surface area (Å²) in [6, 6.07) is 9.01. The lowest BCUT2D eigenvalue weighted by atomic mass is 10.1. The van der Waals surface area contributed by atoms with E-state index in [1.807, 2.05) is 6.92 Å². The van der Waals surface area contributed by atoms with Crippen LogP contribution >= 0.6 is 0 Å². The van der Waals surface area contributed by atoms with Crippen LogP contribution in [-0.2, 0) is 0 Å². The van der Waals surface area contributed by atoms with E-state index in [0.717, 1.165) is 16.6 Å². The maximum Gasteiger partial charge on any atom is 0.158 e. The van der Waals surface area contributed by atoms with Crippen LogP contribution in [0.25, 0.3) is 10.9 Å². The minimum Gasteiger partial charge on any atom is -0.411 e. The van der Waals surface area contributed by atoms with Crippen LogP contribution < -0.4 is 10.7 Å². The van der Waals surface area contributed by atoms with Crippen LogP contribution in [0.3, 0.4) is 0 Å². The fraction of sp³-hybridized carbons (Fsp3) is 0.0909. The molecule has 0 amide bonds. The molecule has 0 fully saturated rings. The van der Waals surface area contributed by atoms with Gasteiger partial charge in [0.1, 0.15) is 0 Å². The third-order valence-corrected chi connectivity index (χ3v) is 2.15. The van der Waals surface area contributed by atoms with Crippen LogP contribution in [0.4, 0.5) is 0 Å². The molecule has 74 valence electrons. The van der Waals surface area contributed by atoms with Crippen molar-refractivity contribution < 1.29 is 4.84 Å². The molecular weight excluding hydrogens is 190 g/mol. The summed E-state index contributed by atoms with van der Waals surface area (Å²) in [6.45, 7) is 1.86. The van der Waals surface area contributed by atoms with Gasteiger partial charge in [0.25, 0.3) is 0 Å². The number of hydrogen-bond acceptors (Lipinski definition) is 4. The molecule has 0 unspecified atom stereocenters. The van der Waals surface area contributed by atoms with Crippen molar-refractivity contribution in [2.24, 2.45) is 5.90 Å². The van der Waals surface area contributed by atoms with E-state index >= 15 is 0 Å². The highest BCUT2D eigenvalue weighted by Gasteiger charge is 2.05. The standard InChI is InChI=1S/C11H9N3O/c1-7-4-11(15-13)9-5-8(6-12)2-3-10(9)14-7/h2-5H,13H2,1H3. The van der Waals surface area contributed by atoms with Gasteiger partial charge in [-0.05, 0) is 25.1 Å². The zero-order chi connectivity index (χ0) is 10.8. The lowest BCUT2D eigenvalue weighted by Gasteiger charge is -2.05. The molecule has 4 nitrogen and oxygen atoms in total. The molecule has 15 heavy (non-hydrogen) atoms. The highest BCUT2D eigenvalue weighted by molar-refractivity contribution is 5.86. The van der Waals surface area contributed by atoms with Crippen molar-refractivity contribution in [1.82, 2.24) is 4.98 Å². The van der Waals surface area contributed by atoms with Crippen LogP contribution in [0.2, 0.25) is 0 Å². The zero-order valence-corrected chi connectivity index (χ0v) is 8.19. The van der Waals surface area contributed by atoms with Gasteiger partial charge >= 0.3 is 0 Å². The van der Waals surface area contributed by atoms with Crippen molar-refractivity contribution in [2.75, 3.05) is 0 Å². The third kappa shape index (κ3) is 1.60. The number of aromatic nitrogens is 1. The number of rotatable bonds is 1. The van der Waals surface area contributed by atoms with Gasteiger partial charge in [0, 0.05) is 17.1 Å². The van der Waals surface area contributed by atoms with Crippen molar-refractivity contribution in [3.63, 3.8) is 0 Å². The Morgan fingerprint density at radius 1 is 1.40 bits per heavy atom. The second-order valence-electron chi connectivity index (χ2n) is 3.22. The fourth-order valence-corrected chi connectivity index (χ4v) is 1.49. The first kappa shape index (κ1) is 9.44. The SMILES string of the molecule is Cc1cc(ON)c2cc(C#N)ccc2n1. The van der Waals surface area contributed by atoms with E-state index in [0.29, 0.717) is 11.3 Å². The number of nitrogens with zero attached hydrogens (tertiary/aromatic N) is 2. The van der Waals surface area contributed by atoms with Crippen LogP contribution in [0.15, 0.2) is 24.3 Å². The normalized spacial score (nSPS) is 9.93. The minimum atomic E-state index is 0.537. The largest absolute Gasteiger partial charge is 0.411 e. The molecule has 0 saturated carbocycles. The molecule has 0 saturated heterocycles. The van der Waals surface area contributed by atoms with Crippen molar-refractivity contribution in [3.05, 3.63) is 35.5 Å². The first-order chi connectivity index (χ1) is 7.24. The van der Waals surface area contributed by atoms with Crippen LogP contribution in [-0.4, -0.2) is 4.98 Å². The maximum atomic E-state index is 8.77. The van der Waals surface area contributed by atoms with E-state index in [1.165, 1.54) is 0 Å². The smallest absolute Gasteiger partial charge is 0.158 e. The molecule has 2 aromatic rings. The van der Waals surface area contributed by atoms with Crippen LogP contribution in [0.5, 0.6) is 5.75 Å². The zero-order valence-electron chi connectivity index (χ0n) is 8.19. The molecule has 1 aromatic heterocycles. The van der Waals surface area contributed by atoms with E-state index < -0.39 is 0 Å². The Kier molecular flexibility index (Phi) is 2.24. The van der Waals surface area contributed by atoms with Crippen molar-refractivity contribution >= 4 is 10.9 Å². The van der Waals surface area contributed by atoms with Crippen molar-refractivity contribution in [2.45, 2.75) is 6.92 Å². The Morgan fingerprint density at radius 2 is 2.20 bits per heavy atom. The lowest BCUT2D eigenvalue weighted by Crippen LogP contribution is -2.03. The fourth-order valence-electron chi connectivity index (χ4n) is 1.49. The number of hydrogen-bond donors (Lipinski definition) is 1. The monoisotopic (exact) mass is 199 g/mol. The Labute approximate surface area is 86.9 Å². The average Bonchev–Trinajstić information content (AvgIpc) is 2.27. The van der Waals surface area contributed by atoms with Crippen LogP contribution in [0.1, 0.15) is 11.3 Å². The van der Waals surface area contributed by atoms with Gasteiger partial charge in [-0.15, -0.1) is 0 Å². The number of nitrogens with two attached hydrogens (primary N) is 1. The third-order valence-electron chi connectivity index (χ3n) is 2.15. The Balaban J connectivity index is 2.80. The molecular formula is C11H9N3O. The number of nitriles is 1. The van der Waals surface area contributed by atoms with Crippen LogP contribution in [0, 0.1) is 18.3 Å². The van der Waals surface area contributed by atoms with E-state index in [1.54, 1.807) is 24.3 Å². The molecule has 2 rings (SSSR count). The summed E-state index contributed by atoms with van der Waals surface area (Å²) in [5.41, 5.74) is 2.16. The van der Waals surface area contributed by atoms with Gasteiger partial charge in [-0.2, -0.15) is 11.2 Å². The molecule has 0 aliphatic rings. The summed E-state index contributed by atoms with van der Waals surface area (Å²) < 4.78 is 0. The molecule has 0 aliphatic carbocycles. The van der Waals surface area contributed by atoms with E-state index in [9.17, 15) is 0 Å². The average molecular weight is 199 g/mol. The minimum absolute atomic E-state index is 0.537. The quantitative estimate of drug-likeness (QED) is 0.709. The molecule has 1 heterocycles. The highest BCUT2D eigenvalue weighted by Crippen LogP contribution is 2.25. The molecule has 4 heteroatoms. The van der Waals surface area contributed by atoms with Gasteiger partial charge in [0.15, 0.2) is 5.75 Å². The lowest BCUT2D eigenvalue weighted by molar-refractivity contribution is 0.338. The number of benzene rings is 1. The van der Waals surface area contributed by atoms with E-state index in [2.05, 4.69) is 11.1 Å². The van der Waals surface area contributed by atoms with Gasteiger partial charge in [-0.1, -0.05) is 0 Å². The summed E-state index contributed by atoms with van der Waals surface area (Å²) in [5.74, 6) is 5.70. The Bertz CT molecular complexity index is 557. The maximum absolute atomic E-state index is 8.77. The summed E-state index contributed by atoms with van der Waals surface area (Å²) in [4.78, 5) is 9.07. The van der Waals surface area contributed by atoms with Gasteiger partial charge in [0.05, 0.1) is 17.1 Å². The number of pyridine rings is 1. The summed E-state index contributed by atoms with van der Waals surface area (Å²) in [6.07, 6.45) is 0. The van der Waals surface area contributed by atoms with Gasteiger partial charge in [-0.3, -0.25) is 4.98 Å². The summed E-state index contributed by atoms with van der Waals surface area (Å²) >= 11 is 0. The molecule has 2 N–H and O–H groups in total. The Morgan fingerprint density at radius 3 is 2.87 bits per heavy atom. The molecule has 0 bridgehead atoms. The Hall–Kier alpha value is -2.12. The van der Waals surface area contributed by atoms with Gasteiger partial charge < -0.3 is 4.84 Å². The van der Waals surface area contributed by atoms with Gasteiger partial charge in [-0.25, -0.2) is 0 Å². The predicted molar refractivity (Wildman–Crippen MR) is 56.0 cm³/mol. The molecule has 0 spiro atoms. The second kappa shape index (κ2) is 3.56. The summed E-state index contributed by atoms with van der Waals surface area (Å²) in [5, 5.41) is 9.52. The molecule has 0 atom stereocenters. The molecule has 1 aromatic carbocycles. The topological polar surface area (TPSA) is 71.9 Å². The number of fused-ring (bicyclic) bond motifs is 1. The van der Waals surface area contributed by atoms with E-state index in [-0.39, 0.29) is 0 Å². The van der Waals surface area contributed by atoms with E-state index in [4.69, 9.17) is 16.0 Å².